The van der Waals surface area contributed by atoms with Gasteiger partial charge in [-0.1, -0.05) is 0 Å². The third-order valence-electron chi connectivity index (χ3n) is 1.91. The molecule has 0 radical (unpaired) electrons. The second-order valence-corrected chi connectivity index (χ2v) is 3.90. The summed E-state index contributed by atoms with van der Waals surface area (Å²) in [5.41, 5.74) is 5.40. The van der Waals surface area contributed by atoms with Crippen LogP contribution in [-0.4, -0.2) is 17.9 Å². The number of amides is 2. The average Bonchev–Trinajstić information content (AvgIpc) is 2.44. The zero-order valence-corrected chi connectivity index (χ0v) is 9.92. The van der Waals surface area contributed by atoms with E-state index >= 15 is 0 Å². The van der Waals surface area contributed by atoms with Gasteiger partial charge in [-0.25, -0.2) is 0 Å². The predicted octanol–water partition coefficient (Wildman–Crippen LogP) is 0.954. The lowest BCUT2D eigenvalue weighted by atomic mass is 10.2. The molecule has 0 fully saturated rings. The highest BCUT2D eigenvalue weighted by atomic mass is 79.9. The number of hydrogen-bond donors (Lipinski definition) is 2. The van der Waals surface area contributed by atoms with E-state index in [-0.39, 0.29) is 5.91 Å². The van der Waals surface area contributed by atoms with Crippen LogP contribution in [0.4, 0.5) is 0 Å². The van der Waals surface area contributed by atoms with Crippen molar-refractivity contribution in [2.45, 2.75) is 19.9 Å². The standard InChI is InChI=1S/C9H11BrN2O3/c1-4(8(11)13)12-9(14)6-3-7(10)15-5(6)2/h3-4H,1-2H3,(H2,11,13)(H,12,14)/t4-/m0/s1. The van der Waals surface area contributed by atoms with Crippen LogP contribution in [0.25, 0.3) is 0 Å². The third kappa shape index (κ3) is 2.82. The molecule has 1 atom stereocenters. The fourth-order valence-corrected chi connectivity index (χ4v) is 1.49. The van der Waals surface area contributed by atoms with Crippen molar-refractivity contribution in [2.24, 2.45) is 5.73 Å². The Bertz CT molecular complexity index is 400. The summed E-state index contributed by atoms with van der Waals surface area (Å²) in [4.78, 5) is 22.3. The molecule has 0 aromatic carbocycles. The van der Waals surface area contributed by atoms with Gasteiger partial charge in [0.05, 0.1) is 5.56 Å². The second kappa shape index (κ2) is 4.48. The van der Waals surface area contributed by atoms with Gasteiger partial charge >= 0.3 is 0 Å². The maximum atomic E-state index is 11.6. The first-order valence-corrected chi connectivity index (χ1v) is 5.07. The first kappa shape index (κ1) is 11.8. The minimum atomic E-state index is -0.703. The highest BCUT2D eigenvalue weighted by molar-refractivity contribution is 9.10. The molecule has 2 amide bonds. The van der Waals surface area contributed by atoms with E-state index in [1.165, 1.54) is 6.92 Å². The third-order valence-corrected chi connectivity index (χ3v) is 2.30. The van der Waals surface area contributed by atoms with Crippen LogP contribution >= 0.6 is 15.9 Å². The normalized spacial score (nSPS) is 12.2. The van der Waals surface area contributed by atoms with E-state index in [2.05, 4.69) is 21.2 Å². The molecule has 1 rings (SSSR count). The molecule has 1 aromatic rings. The van der Waals surface area contributed by atoms with Crippen molar-refractivity contribution in [3.05, 3.63) is 22.1 Å². The SMILES string of the molecule is Cc1oc(Br)cc1C(=O)N[C@@H](C)C(N)=O. The van der Waals surface area contributed by atoms with Crippen molar-refractivity contribution in [2.75, 3.05) is 0 Å². The molecule has 0 unspecified atom stereocenters. The number of nitrogens with two attached hydrogens (primary N) is 1. The van der Waals surface area contributed by atoms with Gasteiger partial charge in [0.1, 0.15) is 11.8 Å². The number of hydrogen-bond acceptors (Lipinski definition) is 3. The van der Waals surface area contributed by atoms with E-state index in [4.69, 9.17) is 10.2 Å². The zero-order valence-electron chi connectivity index (χ0n) is 8.33. The Morgan fingerprint density at radius 1 is 1.60 bits per heavy atom. The van der Waals surface area contributed by atoms with E-state index in [0.717, 1.165) is 0 Å². The zero-order chi connectivity index (χ0) is 11.6. The van der Waals surface area contributed by atoms with E-state index in [1.54, 1.807) is 13.0 Å². The first-order chi connectivity index (χ1) is 6.91. The molecule has 1 aromatic heterocycles. The Kier molecular flexibility index (Phi) is 3.52. The molecule has 0 saturated heterocycles. The van der Waals surface area contributed by atoms with Crippen LogP contribution in [0.15, 0.2) is 15.2 Å². The Morgan fingerprint density at radius 2 is 2.20 bits per heavy atom. The van der Waals surface area contributed by atoms with Gasteiger partial charge in [-0.2, -0.15) is 0 Å². The monoisotopic (exact) mass is 274 g/mol. The minimum Gasteiger partial charge on any atom is -0.454 e. The fourth-order valence-electron chi connectivity index (χ4n) is 1.02. The number of furan rings is 1. The summed E-state index contributed by atoms with van der Waals surface area (Å²) in [6, 6.07) is 0.837. The van der Waals surface area contributed by atoms with Gasteiger partial charge in [0.25, 0.3) is 5.91 Å². The number of carbonyl (C=O) groups excluding carboxylic acids is 2. The highest BCUT2D eigenvalue weighted by Gasteiger charge is 2.17. The molecular weight excluding hydrogens is 264 g/mol. The minimum absolute atomic E-state index is 0.381. The largest absolute Gasteiger partial charge is 0.454 e. The summed E-state index contributed by atoms with van der Waals surface area (Å²) < 4.78 is 5.59. The van der Waals surface area contributed by atoms with E-state index in [9.17, 15) is 9.59 Å². The second-order valence-electron chi connectivity index (χ2n) is 3.12. The summed E-state index contributed by atoms with van der Waals surface area (Å²) >= 11 is 3.11. The van der Waals surface area contributed by atoms with Crippen LogP contribution in [0.3, 0.4) is 0 Å². The molecule has 0 aliphatic rings. The molecule has 3 N–H and O–H groups in total. The van der Waals surface area contributed by atoms with Crippen LogP contribution in [0, 0.1) is 6.92 Å². The van der Waals surface area contributed by atoms with Crippen molar-refractivity contribution in [3.8, 4) is 0 Å². The highest BCUT2D eigenvalue weighted by Crippen LogP contribution is 2.19. The van der Waals surface area contributed by atoms with Gasteiger partial charge in [-0.05, 0) is 29.8 Å². The van der Waals surface area contributed by atoms with Gasteiger partial charge in [0, 0.05) is 6.07 Å². The van der Waals surface area contributed by atoms with Gasteiger partial charge in [0.15, 0.2) is 4.67 Å². The Balaban J connectivity index is 2.77. The molecule has 0 aliphatic carbocycles. The molecule has 5 nitrogen and oxygen atoms in total. The lowest BCUT2D eigenvalue weighted by Gasteiger charge is -2.08. The maximum Gasteiger partial charge on any atom is 0.255 e. The van der Waals surface area contributed by atoms with Crippen molar-refractivity contribution in [1.29, 1.82) is 0 Å². The Labute approximate surface area is 95.1 Å². The number of primary amides is 1. The molecule has 82 valence electrons. The van der Waals surface area contributed by atoms with Gasteiger partial charge in [-0.3, -0.25) is 9.59 Å². The molecular formula is C9H11BrN2O3. The molecule has 6 heteroatoms. The number of rotatable bonds is 3. The van der Waals surface area contributed by atoms with Gasteiger partial charge in [-0.15, -0.1) is 0 Å². The first-order valence-electron chi connectivity index (χ1n) is 4.28. The fraction of sp³-hybridized carbons (Fsp3) is 0.333. The average molecular weight is 275 g/mol. The molecule has 0 saturated carbocycles. The van der Waals surface area contributed by atoms with Crippen LogP contribution in [0.2, 0.25) is 0 Å². The molecule has 0 bridgehead atoms. The molecule has 0 spiro atoms. The van der Waals surface area contributed by atoms with Crippen molar-refractivity contribution in [1.82, 2.24) is 5.32 Å². The summed E-state index contributed by atoms with van der Waals surface area (Å²) in [6.07, 6.45) is 0. The van der Waals surface area contributed by atoms with Gasteiger partial charge in [0.2, 0.25) is 5.91 Å². The lowest BCUT2D eigenvalue weighted by molar-refractivity contribution is -0.119. The number of aryl methyl sites for hydroxylation is 1. The van der Waals surface area contributed by atoms with Crippen molar-refractivity contribution < 1.29 is 14.0 Å². The van der Waals surface area contributed by atoms with Crippen LogP contribution in [-0.2, 0) is 4.79 Å². The maximum absolute atomic E-state index is 11.6. The summed E-state index contributed by atoms with van der Waals surface area (Å²) in [7, 11) is 0. The number of nitrogens with one attached hydrogen (secondary N) is 1. The Hall–Kier alpha value is -1.30. The summed E-state index contributed by atoms with van der Waals surface area (Å²) in [6.45, 7) is 3.18. The molecule has 15 heavy (non-hydrogen) atoms. The smallest absolute Gasteiger partial charge is 0.255 e. The molecule has 1 heterocycles. The van der Waals surface area contributed by atoms with Crippen LogP contribution in [0.5, 0.6) is 0 Å². The number of carbonyl (C=O) groups is 2. The quantitative estimate of drug-likeness (QED) is 0.861. The van der Waals surface area contributed by atoms with Crippen LogP contribution in [0.1, 0.15) is 23.0 Å². The summed E-state index contributed by atoms with van der Waals surface area (Å²) in [5, 5.41) is 2.46. The van der Waals surface area contributed by atoms with E-state index in [0.29, 0.717) is 16.0 Å². The predicted molar refractivity (Wildman–Crippen MR) is 57.3 cm³/mol. The van der Waals surface area contributed by atoms with Crippen molar-refractivity contribution in [3.63, 3.8) is 0 Å². The topological polar surface area (TPSA) is 85.3 Å². The Morgan fingerprint density at radius 3 is 2.60 bits per heavy atom. The number of halogens is 1. The van der Waals surface area contributed by atoms with E-state index in [1.807, 2.05) is 0 Å². The van der Waals surface area contributed by atoms with Crippen molar-refractivity contribution >= 4 is 27.7 Å². The van der Waals surface area contributed by atoms with Gasteiger partial charge < -0.3 is 15.5 Å². The lowest BCUT2D eigenvalue weighted by Crippen LogP contribution is -2.42. The molecule has 0 aliphatic heterocycles. The summed E-state index contributed by atoms with van der Waals surface area (Å²) in [5.74, 6) is -0.479. The van der Waals surface area contributed by atoms with E-state index < -0.39 is 11.9 Å². The van der Waals surface area contributed by atoms with Crippen LogP contribution < -0.4 is 11.1 Å².